The van der Waals surface area contributed by atoms with Gasteiger partial charge in [-0.05, 0) is 18.1 Å². The highest BCUT2D eigenvalue weighted by Gasteiger charge is 2.13. The molecule has 0 aromatic heterocycles. The van der Waals surface area contributed by atoms with Gasteiger partial charge in [-0.25, -0.2) is 0 Å². The van der Waals surface area contributed by atoms with E-state index < -0.39 is 8.53 Å². The third-order valence-electron chi connectivity index (χ3n) is 2.01. The molecule has 0 saturated carbocycles. The summed E-state index contributed by atoms with van der Waals surface area (Å²) in [4.78, 5) is 24.9. The molecule has 0 saturated heterocycles. The van der Waals surface area contributed by atoms with Crippen molar-refractivity contribution in [2.75, 3.05) is 11.9 Å². The first-order valence-electron chi connectivity index (χ1n) is 4.44. The lowest BCUT2D eigenvalue weighted by molar-refractivity contribution is -0.384. The Morgan fingerprint density at radius 2 is 2.12 bits per heavy atom. The standard InChI is InChI=1S/C8H8N2O2.H4NO2P/c11-10(12)7-1-2-8-6(5-7)3-4-9-8;1-4(2)3/h1-2,5,9H,3-4H2;2-3H,1H2. The van der Waals surface area contributed by atoms with Gasteiger partial charge in [-0.2, -0.15) is 0 Å². The number of hydrogen-bond acceptors (Lipinski definition) is 6. The van der Waals surface area contributed by atoms with Gasteiger partial charge in [-0.1, -0.05) is 0 Å². The van der Waals surface area contributed by atoms with E-state index in [1.54, 1.807) is 12.1 Å². The summed E-state index contributed by atoms with van der Waals surface area (Å²) in [6.07, 6.45) is 0.886. The Kier molecular flexibility index (Phi) is 4.57. The molecule has 0 atom stereocenters. The highest BCUT2D eigenvalue weighted by Crippen LogP contribution is 2.25. The largest absolute Gasteiger partial charge is 0.384 e. The van der Waals surface area contributed by atoms with E-state index in [2.05, 4.69) is 10.8 Å². The maximum atomic E-state index is 10.4. The number of benzene rings is 1. The zero-order chi connectivity index (χ0) is 12.1. The first-order valence-corrected chi connectivity index (χ1v) is 5.76. The maximum absolute atomic E-state index is 10.4. The van der Waals surface area contributed by atoms with E-state index in [1.807, 2.05) is 0 Å². The lowest BCUT2D eigenvalue weighted by atomic mass is 10.1. The Balaban J connectivity index is 0.000000280. The van der Waals surface area contributed by atoms with Crippen molar-refractivity contribution in [3.05, 3.63) is 33.9 Å². The summed E-state index contributed by atoms with van der Waals surface area (Å²) in [7, 11) is -2.12. The first-order chi connectivity index (χ1) is 7.50. The molecule has 0 radical (unpaired) electrons. The van der Waals surface area contributed by atoms with Gasteiger partial charge < -0.3 is 15.1 Å². The van der Waals surface area contributed by atoms with Crippen LogP contribution in [-0.4, -0.2) is 21.3 Å². The number of hydrogen-bond donors (Lipinski definition) is 4. The molecule has 8 heteroatoms. The molecule has 0 fully saturated rings. The van der Waals surface area contributed by atoms with Crippen LogP contribution in [0.25, 0.3) is 0 Å². The Hall–Kier alpha value is -1.27. The SMILES string of the molecule is NP(O)O.O=[N+]([O-])c1ccc2c(c1)CCN2. The molecule has 7 nitrogen and oxygen atoms in total. The lowest BCUT2D eigenvalue weighted by Gasteiger charge is -1.97. The molecule has 16 heavy (non-hydrogen) atoms. The summed E-state index contributed by atoms with van der Waals surface area (Å²) in [5.41, 5.74) is 6.54. The molecule has 0 aliphatic carbocycles. The van der Waals surface area contributed by atoms with Crippen molar-refractivity contribution in [2.24, 2.45) is 5.50 Å². The van der Waals surface area contributed by atoms with E-state index in [-0.39, 0.29) is 10.6 Å². The van der Waals surface area contributed by atoms with Crippen LogP contribution in [-0.2, 0) is 6.42 Å². The predicted molar refractivity (Wildman–Crippen MR) is 60.8 cm³/mol. The van der Waals surface area contributed by atoms with Gasteiger partial charge in [0, 0.05) is 24.4 Å². The molecular weight excluding hydrogens is 233 g/mol. The van der Waals surface area contributed by atoms with Crippen LogP contribution in [0.5, 0.6) is 0 Å². The van der Waals surface area contributed by atoms with E-state index in [9.17, 15) is 10.1 Å². The number of nitrogens with two attached hydrogens (primary N) is 1. The van der Waals surface area contributed by atoms with E-state index in [4.69, 9.17) is 9.79 Å². The van der Waals surface area contributed by atoms with Crippen LogP contribution < -0.4 is 10.8 Å². The number of nitro groups is 1. The van der Waals surface area contributed by atoms with Gasteiger partial charge in [0.25, 0.3) is 5.69 Å². The van der Waals surface area contributed by atoms with Gasteiger partial charge in [0.15, 0.2) is 0 Å². The van der Waals surface area contributed by atoms with Crippen LogP contribution in [0.2, 0.25) is 0 Å². The summed E-state index contributed by atoms with van der Waals surface area (Å²) in [6.45, 7) is 0.885. The van der Waals surface area contributed by atoms with Crippen molar-refractivity contribution in [2.45, 2.75) is 6.42 Å². The summed E-state index contributed by atoms with van der Waals surface area (Å²) < 4.78 is 0. The number of nitrogens with one attached hydrogen (secondary N) is 1. The van der Waals surface area contributed by atoms with Crippen molar-refractivity contribution >= 4 is 19.9 Å². The highest BCUT2D eigenvalue weighted by molar-refractivity contribution is 7.42. The quantitative estimate of drug-likeness (QED) is 0.328. The van der Waals surface area contributed by atoms with Crippen molar-refractivity contribution in [3.63, 3.8) is 0 Å². The van der Waals surface area contributed by atoms with Crippen LogP contribution in [0.3, 0.4) is 0 Å². The van der Waals surface area contributed by atoms with Gasteiger partial charge in [0.05, 0.1) is 4.92 Å². The third kappa shape index (κ3) is 3.71. The van der Waals surface area contributed by atoms with Crippen molar-refractivity contribution < 1.29 is 14.7 Å². The summed E-state index contributed by atoms with van der Waals surface area (Å²) in [6, 6.07) is 4.92. The molecule has 1 aromatic carbocycles. The van der Waals surface area contributed by atoms with E-state index in [1.165, 1.54) is 6.07 Å². The van der Waals surface area contributed by atoms with Crippen LogP contribution in [0.1, 0.15) is 5.56 Å². The van der Waals surface area contributed by atoms with Crippen LogP contribution in [0.15, 0.2) is 18.2 Å². The second-order valence-electron chi connectivity index (χ2n) is 3.10. The topological polar surface area (TPSA) is 122 Å². The molecule has 0 spiro atoms. The zero-order valence-corrected chi connectivity index (χ0v) is 9.22. The number of nitro benzene ring substituents is 1. The average Bonchev–Trinajstić information content (AvgIpc) is 2.62. The molecule has 0 bridgehead atoms. The average molecular weight is 245 g/mol. The fourth-order valence-corrected chi connectivity index (χ4v) is 1.40. The fraction of sp³-hybridized carbons (Fsp3) is 0.250. The Labute approximate surface area is 93.0 Å². The molecule has 0 amide bonds. The molecule has 1 aromatic rings. The minimum absolute atomic E-state index is 0.178. The molecular formula is C8H12N3O4P. The monoisotopic (exact) mass is 245 g/mol. The van der Waals surface area contributed by atoms with Gasteiger partial charge in [0.2, 0.25) is 8.53 Å². The molecule has 0 unspecified atom stereocenters. The second kappa shape index (κ2) is 5.72. The normalized spacial score (nSPS) is 12.5. The Morgan fingerprint density at radius 3 is 2.69 bits per heavy atom. The van der Waals surface area contributed by atoms with E-state index >= 15 is 0 Å². The van der Waals surface area contributed by atoms with Gasteiger partial charge in [0.1, 0.15) is 0 Å². The van der Waals surface area contributed by atoms with E-state index in [0.717, 1.165) is 24.2 Å². The van der Waals surface area contributed by atoms with Crippen molar-refractivity contribution in [1.29, 1.82) is 0 Å². The van der Waals surface area contributed by atoms with Gasteiger partial charge in [-0.3, -0.25) is 15.6 Å². The molecule has 5 N–H and O–H groups in total. The highest BCUT2D eigenvalue weighted by atomic mass is 31.2. The Morgan fingerprint density at radius 1 is 1.50 bits per heavy atom. The van der Waals surface area contributed by atoms with Crippen LogP contribution >= 0.6 is 8.53 Å². The lowest BCUT2D eigenvalue weighted by Crippen LogP contribution is -1.90. The predicted octanol–water partition coefficient (Wildman–Crippen LogP) is 0.719. The zero-order valence-electron chi connectivity index (χ0n) is 8.33. The minimum atomic E-state index is -2.12. The Bertz CT molecular complexity index is 383. The molecule has 1 heterocycles. The molecule has 1 aliphatic heterocycles. The summed E-state index contributed by atoms with van der Waals surface area (Å²) >= 11 is 0. The van der Waals surface area contributed by atoms with E-state index in [0.29, 0.717) is 0 Å². The summed E-state index contributed by atoms with van der Waals surface area (Å²) in [5, 5.41) is 13.5. The number of anilines is 1. The smallest absolute Gasteiger partial charge is 0.269 e. The number of non-ortho nitro benzene ring substituents is 1. The number of rotatable bonds is 1. The van der Waals surface area contributed by atoms with Crippen LogP contribution in [0.4, 0.5) is 11.4 Å². The maximum Gasteiger partial charge on any atom is 0.269 e. The second-order valence-corrected chi connectivity index (χ2v) is 3.74. The molecule has 1 aliphatic rings. The third-order valence-corrected chi connectivity index (χ3v) is 2.01. The fourth-order valence-electron chi connectivity index (χ4n) is 1.40. The van der Waals surface area contributed by atoms with Crippen molar-refractivity contribution in [1.82, 2.24) is 0 Å². The summed E-state index contributed by atoms with van der Waals surface area (Å²) in [5.74, 6) is 0. The van der Waals surface area contributed by atoms with Gasteiger partial charge >= 0.3 is 0 Å². The minimum Gasteiger partial charge on any atom is -0.384 e. The molecule has 2 rings (SSSR count). The van der Waals surface area contributed by atoms with Crippen LogP contribution in [0, 0.1) is 10.1 Å². The van der Waals surface area contributed by atoms with Gasteiger partial charge in [-0.15, -0.1) is 0 Å². The number of fused-ring (bicyclic) bond motifs is 1. The van der Waals surface area contributed by atoms with Crippen molar-refractivity contribution in [3.8, 4) is 0 Å². The first kappa shape index (κ1) is 12.8. The number of nitrogens with zero attached hydrogens (tertiary/aromatic N) is 1. The molecule has 88 valence electrons.